The number of hydrogen-bond donors (Lipinski definition) is 2. The number of ether oxygens (including phenoxy) is 1. The smallest absolute Gasteiger partial charge is 0.268 e. The van der Waals surface area contributed by atoms with E-state index in [4.69, 9.17) is 4.74 Å². The van der Waals surface area contributed by atoms with E-state index in [1.54, 1.807) is 18.2 Å². The molecule has 2 N–H and O–H groups in total. The minimum absolute atomic E-state index is 0.175. The summed E-state index contributed by atoms with van der Waals surface area (Å²) in [5.74, 6) is 0.442. The maximum absolute atomic E-state index is 12.5. The highest BCUT2D eigenvalue weighted by Gasteiger charge is 2.14. The second kappa shape index (κ2) is 7.21. The van der Waals surface area contributed by atoms with Crippen LogP contribution >= 0.6 is 0 Å². The minimum atomic E-state index is -0.322. The Balaban J connectivity index is 1.82. The first-order chi connectivity index (χ1) is 12.1. The van der Waals surface area contributed by atoms with Crippen LogP contribution in [-0.2, 0) is 0 Å². The Labute approximate surface area is 145 Å². The van der Waals surface area contributed by atoms with Gasteiger partial charge in [-0.05, 0) is 43.7 Å². The van der Waals surface area contributed by atoms with Gasteiger partial charge in [-0.2, -0.15) is 0 Å². The number of hydrogen-bond acceptors (Lipinski definition) is 3. The van der Waals surface area contributed by atoms with Gasteiger partial charge < -0.3 is 15.0 Å². The van der Waals surface area contributed by atoms with Crippen molar-refractivity contribution in [2.75, 3.05) is 6.61 Å². The molecule has 128 valence electrons. The van der Waals surface area contributed by atoms with Crippen LogP contribution in [0, 0.1) is 0 Å². The molecule has 0 spiro atoms. The zero-order valence-corrected chi connectivity index (χ0v) is 14.2. The van der Waals surface area contributed by atoms with Gasteiger partial charge >= 0.3 is 0 Å². The van der Waals surface area contributed by atoms with Crippen LogP contribution in [0.15, 0.2) is 59.4 Å². The van der Waals surface area contributed by atoms with E-state index in [1.807, 2.05) is 44.2 Å². The van der Waals surface area contributed by atoms with E-state index in [9.17, 15) is 9.59 Å². The first-order valence-corrected chi connectivity index (χ1v) is 8.24. The van der Waals surface area contributed by atoms with Crippen LogP contribution in [0.4, 0.5) is 0 Å². The molecule has 0 aliphatic heterocycles. The molecular weight excluding hydrogens is 316 g/mol. The van der Waals surface area contributed by atoms with E-state index in [2.05, 4.69) is 10.3 Å². The second-order valence-corrected chi connectivity index (χ2v) is 5.79. The molecule has 1 atom stereocenters. The Hall–Kier alpha value is -3.08. The maximum Gasteiger partial charge on any atom is 0.268 e. The molecule has 0 aliphatic carbocycles. The van der Waals surface area contributed by atoms with E-state index >= 15 is 0 Å². The summed E-state index contributed by atoms with van der Waals surface area (Å²) in [4.78, 5) is 27.7. The van der Waals surface area contributed by atoms with Gasteiger partial charge in [0.1, 0.15) is 11.4 Å². The van der Waals surface area contributed by atoms with Gasteiger partial charge in [0.2, 0.25) is 0 Å². The molecule has 0 saturated carbocycles. The van der Waals surface area contributed by atoms with Crippen molar-refractivity contribution in [2.45, 2.75) is 19.9 Å². The molecule has 0 bridgehead atoms. The monoisotopic (exact) mass is 336 g/mol. The predicted octanol–water partition coefficient (Wildman–Crippen LogP) is 3.42. The van der Waals surface area contributed by atoms with Crippen molar-refractivity contribution < 1.29 is 9.53 Å². The minimum Gasteiger partial charge on any atom is -0.494 e. The lowest BCUT2D eigenvalue weighted by molar-refractivity contribution is 0.0935. The van der Waals surface area contributed by atoms with E-state index in [0.29, 0.717) is 17.5 Å². The van der Waals surface area contributed by atoms with Gasteiger partial charge in [-0.25, -0.2) is 0 Å². The molecule has 0 aliphatic rings. The molecule has 5 nitrogen and oxygen atoms in total. The summed E-state index contributed by atoms with van der Waals surface area (Å²) in [6.45, 7) is 4.40. The lowest BCUT2D eigenvalue weighted by atomic mass is 10.1. The third-order valence-corrected chi connectivity index (χ3v) is 4.00. The van der Waals surface area contributed by atoms with Crippen LogP contribution in [0.5, 0.6) is 5.75 Å². The summed E-state index contributed by atoms with van der Waals surface area (Å²) in [6, 6.07) is 15.8. The van der Waals surface area contributed by atoms with E-state index < -0.39 is 0 Å². The number of pyridine rings is 1. The van der Waals surface area contributed by atoms with E-state index in [1.165, 1.54) is 6.07 Å². The number of nitrogens with one attached hydrogen (secondary N) is 2. The lowest BCUT2D eigenvalue weighted by Gasteiger charge is -2.15. The molecule has 3 rings (SSSR count). The highest BCUT2D eigenvalue weighted by Crippen LogP contribution is 2.19. The van der Waals surface area contributed by atoms with Gasteiger partial charge in [-0.15, -0.1) is 0 Å². The zero-order chi connectivity index (χ0) is 17.8. The number of para-hydroxylation sites is 1. The number of amides is 1. The number of fused-ring (bicyclic) bond motifs is 1. The summed E-state index contributed by atoms with van der Waals surface area (Å²) < 4.78 is 5.49. The van der Waals surface area contributed by atoms with Crippen LogP contribution in [0.2, 0.25) is 0 Å². The molecule has 0 saturated heterocycles. The molecule has 2 aromatic carbocycles. The standard InChI is InChI=1S/C20H20N2O3/c1-3-25-15-8-6-7-14(11-15)13(2)21-20(24)18-12-19(23)16-9-4-5-10-17(16)22-18/h4-13H,3H2,1-2H3,(H,21,24)(H,22,23)/t13-/m0/s1. The molecule has 1 amide bonds. The van der Waals surface area contributed by atoms with E-state index in [0.717, 1.165) is 11.3 Å². The third kappa shape index (κ3) is 3.71. The van der Waals surface area contributed by atoms with Crippen LogP contribution in [0.1, 0.15) is 35.9 Å². The predicted molar refractivity (Wildman–Crippen MR) is 98.1 cm³/mol. The molecule has 1 heterocycles. The SMILES string of the molecule is CCOc1cccc([C@H](C)NC(=O)c2cc(=O)c3ccccc3[nH]2)c1. The fourth-order valence-electron chi connectivity index (χ4n) is 2.72. The van der Waals surface area contributed by atoms with Gasteiger partial charge in [-0.3, -0.25) is 9.59 Å². The van der Waals surface area contributed by atoms with E-state index in [-0.39, 0.29) is 23.1 Å². The Bertz CT molecular complexity index is 962. The number of carbonyl (C=O) groups excluding carboxylic acids is 1. The molecule has 0 radical (unpaired) electrons. The second-order valence-electron chi connectivity index (χ2n) is 5.79. The average molecular weight is 336 g/mol. The summed E-state index contributed by atoms with van der Waals surface area (Å²) in [7, 11) is 0. The normalized spacial score (nSPS) is 11.9. The number of H-pyrrole nitrogens is 1. The molecular formula is C20H20N2O3. The summed E-state index contributed by atoms with van der Waals surface area (Å²) >= 11 is 0. The number of benzene rings is 2. The van der Waals surface area contributed by atoms with Gasteiger partial charge in [0, 0.05) is 17.0 Å². The van der Waals surface area contributed by atoms with Crippen molar-refractivity contribution in [3.05, 3.63) is 76.1 Å². The van der Waals surface area contributed by atoms with Crippen LogP contribution in [0.25, 0.3) is 10.9 Å². The number of carbonyl (C=O) groups is 1. The lowest BCUT2D eigenvalue weighted by Crippen LogP contribution is -2.28. The first-order valence-electron chi connectivity index (χ1n) is 8.24. The quantitative estimate of drug-likeness (QED) is 0.750. The Kier molecular flexibility index (Phi) is 4.84. The molecule has 5 heteroatoms. The molecule has 25 heavy (non-hydrogen) atoms. The van der Waals surface area contributed by atoms with Crippen molar-refractivity contribution >= 4 is 16.8 Å². The van der Waals surface area contributed by atoms with Gasteiger partial charge in [0.05, 0.1) is 12.6 Å². The molecule has 1 aromatic heterocycles. The number of aromatic amines is 1. The van der Waals surface area contributed by atoms with Gasteiger partial charge in [-0.1, -0.05) is 24.3 Å². The van der Waals surface area contributed by atoms with Gasteiger partial charge in [0.15, 0.2) is 5.43 Å². The Morgan fingerprint density at radius 1 is 1.16 bits per heavy atom. The molecule has 0 fully saturated rings. The van der Waals surface area contributed by atoms with Crippen molar-refractivity contribution in [3.63, 3.8) is 0 Å². The van der Waals surface area contributed by atoms with Crippen LogP contribution < -0.4 is 15.5 Å². The first kappa shape index (κ1) is 16.8. The van der Waals surface area contributed by atoms with Gasteiger partial charge in [0.25, 0.3) is 5.91 Å². The van der Waals surface area contributed by atoms with Crippen molar-refractivity contribution in [3.8, 4) is 5.75 Å². The average Bonchev–Trinajstić information content (AvgIpc) is 2.62. The Morgan fingerprint density at radius 3 is 2.76 bits per heavy atom. The molecule has 0 unspecified atom stereocenters. The number of aromatic nitrogens is 1. The number of rotatable bonds is 5. The fraction of sp³-hybridized carbons (Fsp3) is 0.200. The summed E-state index contributed by atoms with van der Waals surface area (Å²) in [6.07, 6.45) is 0. The van der Waals surface area contributed by atoms with Crippen molar-refractivity contribution in [1.29, 1.82) is 0 Å². The van der Waals surface area contributed by atoms with Crippen LogP contribution in [-0.4, -0.2) is 17.5 Å². The molecule has 3 aromatic rings. The zero-order valence-electron chi connectivity index (χ0n) is 14.2. The third-order valence-electron chi connectivity index (χ3n) is 4.00. The summed E-state index contributed by atoms with van der Waals surface area (Å²) in [5, 5.41) is 3.48. The largest absolute Gasteiger partial charge is 0.494 e. The van der Waals surface area contributed by atoms with Crippen molar-refractivity contribution in [1.82, 2.24) is 10.3 Å². The maximum atomic E-state index is 12.5. The topological polar surface area (TPSA) is 71.2 Å². The van der Waals surface area contributed by atoms with Crippen molar-refractivity contribution in [2.24, 2.45) is 0 Å². The highest BCUT2D eigenvalue weighted by atomic mass is 16.5. The Morgan fingerprint density at radius 2 is 1.96 bits per heavy atom. The highest BCUT2D eigenvalue weighted by molar-refractivity contribution is 5.95. The summed E-state index contributed by atoms with van der Waals surface area (Å²) in [5.41, 5.74) is 1.65. The fourth-order valence-corrected chi connectivity index (χ4v) is 2.72. The van der Waals surface area contributed by atoms with Crippen LogP contribution in [0.3, 0.4) is 0 Å².